The summed E-state index contributed by atoms with van der Waals surface area (Å²) >= 11 is 0. The highest BCUT2D eigenvalue weighted by molar-refractivity contribution is 5.79. The van der Waals surface area contributed by atoms with Crippen LogP contribution in [-0.4, -0.2) is 51.8 Å². The molecule has 1 aromatic heterocycles. The maximum Gasteiger partial charge on any atom is 0.226 e. The second kappa shape index (κ2) is 7.65. The molecule has 26 heavy (non-hydrogen) atoms. The van der Waals surface area contributed by atoms with E-state index in [1.165, 1.54) is 0 Å². The van der Waals surface area contributed by atoms with Crippen LogP contribution in [0.15, 0.2) is 12.1 Å². The molecule has 1 N–H and O–H groups in total. The van der Waals surface area contributed by atoms with Gasteiger partial charge in [0.2, 0.25) is 5.91 Å². The third-order valence-corrected chi connectivity index (χ3v) is 5.78. The number of carbonyl (C=O) groups excluding carboxylic acids is 1. The molecule has 3 heterocycles. The monoisotopic (exact) mass is 360 g/mol. The third kappa shape index (κ3) is 4.44. The molecule has 0 radical (unpaired) electrons. The Labute approximate surface area is 156 Å². The van der Waals surface area contributed by atoms with E-state index in [-0.39, 0.29) is 23.7 Å². The molecule has 5 nitrogen and oxygen atoms in total. The molecule has 0 aliphatic carbocycles. The summed E-state index contributed by atoms with van der Waals surface area (Å²) in [5.74, 6) is 0.571. The highest BCUT2D eigenvalue weighted by Gasteiger charge is 2.44. The van der Waals surface area contributed by atoms with Crippen LogP contribution in [0, 0.1) is 19.8 Å². The summed E-state index contributed by atoms with van der Waals surface area (Å²) < 4.78 is 6.42. The van der Waals surface area contributed by atoms with E-state index in [2.05, 4.69) is 18.8 Å². The van der Waals surface area contributed by atoms with Crippen LogP contribution in [0.25, 0.3) is 0 Å². The van der Waals surface area contributed by atoms with Gasteiger partial charge in [-0.2, -0.15) is 0 Å². The molecule has 2 atom stereocenters. The minimum Gasteiger partial charge on any atom is -0.393 e. The number of ether oxygens (including phenoxy) is 1. The Balaban J connectivity index is 1.60. The van der Waals surface area contributed by atoms with Gasteiger partial charge in [-0.05, 0) is 56.7 Å². The van der Waals surface area contributed by atoms with Crippen molar-refractivity contribution in [3.8, 4) is 0 Å². The highest BCUT2D eigenvalue weighted by Crippen LogP contribution is 2.39. The number of aryl methyl sites for hydroxylation is 2. The van der Waals surface area contributed by atoms with E-state index in [0.717, 1.165) is 36.2 Å². The Morgan fingerprint density at radius 3 is 2.50 bits per heavy atom. The predicted molar refractivity (Wildman–Crippen MR) is 101 cm³/mol. The first-order chi connectivity index (χ1) is 12.3. The maximum absolute atomic E-state index is 12.7. The van der Waals surface area contributed by atoms with Gasteiger partial charge in [-0.1, -0.05) is 13.8 Å². The second-order valence-electron chi connectivity index (χ2n) is 8.49. The largest absolute Gasteiger partial charge is 0.393 e. The average Bonchev–Trinajstić information content (AvgIpc) is 2.53. The molecule has 0 unspecified atom stereocenters. The van der Waals surface area contributed by atoms with E-state index in [1.54, 1.807) is 0 Å². The lowest BCUT2D eigenvalue weighted by Crippen LogP contribution is -2.54. The Morgan fingerprint density at radius 1 is 1.31 bits per heavy atom. The van der Waals surface area contributed by atoms with E-state index >= 15 is 0 Å². The predicted octanol–water partition coefficient (Wildman–Crippen LogP) is 2.80. The second-order valence-corrected chi connectivity index (χ2v) is 8.49. The minimum absolute atomic E-state index is 0.115. The van der Waals surface area contributed by atoms with Crippen LogP contribution in [0.3, 0.4) is 0 Å². The van der Waals surface area contributed by atoms with Crippen molar-refractivity contribution in [2.75, 3.05) is 13.1 Å². The van der Waals surface area contributed by atoms with Gasteiger partial charge < -0.3 is 14.7 Å². The fourth-order valence-corrected chi connectivity index (χ4v) is 4.40. The maximum atomic E-state index is 12.7. The van der Waals surface area contributed by atoms with Gasteiger partial charge in [-0.25, -0.2) is 0 Å². The number of pyridine rings is 1. The zero-order valence-electron chi connectivity index (χ0n) is 16.5. The van der Waals surface area contributed by atoms with E-state index in [9.17, 15) is 9.90 Å². The SMILES string of the molecule is Cc1cc(CC(=O)N2CCC3(CC2)C[C@H](O)C[C@H](C(C)C)O3)cc(C)n1. The van der Waals surface area contributed by atoms with E-state index in [0.29, 0.717) is 31.8 Å². The number of nitrogens with zero attached hydrogens (tertiary/aromatic N) is 2. The molecule has 2 saturated heterocycles. The Morgan fingerprint density at radius 2 is 1.92 bits per heavy atom. The Bertz CT molecular complexity index is 630. The zero-order valence-corrected chi connectivity index (χ0v) is 16.5. The fraction of sp³-hybridized carbons (Fsp3) is 0.714. The standard InChI is InChI=1S/C21H32N2O3/c1-14(2)19-12-18(24)13-21(26-19)5-7-23(8-6-21)20(25)11-17-9-15(3)22-16(4)10-17/h9-10,14,18-19,24H,5-8,11-13H2,1-4H3/t18-,19-/m1/s1. The summed E-state index contributed by atoms with van der Waals surface area (Å²) in [6.45, 7) is 9.63. The smallest absolute Gasteiger partial charge is 0.226 e. The first kappa shape index (κ1) is 19.3. The molecule has 1 spiro atoms. The van der Waals surface area contributed by atoms with Crippen molar-refractivity contribution in [3.63, 3.8) is 0 Å². The van der Waals surface area contributed by atoms with Gasteiger partial charge in [0.15, 0.2) is 0 Å². The number of hydrogen-bond acceptors (Lipinski definition) is 4. The van der Waals surface area contributed by atoms with Crippen molar-refractivity contribution < 1.29 is 14.6 Å². The molecule has 2 fully saturated rings. The van der Waals surface area contributed by atoms with Gasteiger partial charge in [0.05, 0.1) is 24.2 Å². The number of hydrogen-bond donors (Lipinski definition) is 1. The Hall–Kier alpha value is -1.46. The van der Waals surface area contributed by atoms with Crippen LogP contribution in [0.1, 0.15) is 56.5 Å². The summed E-state index contributed by atoms with van der Waals surface area (Å²) in [7, 11) is 0. The molecule has 3 rings (SSSR count). The summed E-state index contributed by atoms with van der Waals surface area (Å²) in [5, 5.41) is 10.3. The lowest BCUT2D eigenvalue weighted by atomic mass is 9.80. The number of aromatic nitrogens is 1. The van der Waals surface area contributed by atoms with E-state index < -0.39 is 0 Å². The molecule has 0 bridgehead atoms. The fourth-order valence-electron chi connectivity index (χ4n) is 4.40. The lowest BCUT2D eigenvalue weighted by molar-refractivity contribution is -0.193. The number of aliphatic hydroxyl groups excluding tert-OH is 1. The van der Waals surface area contributed by atoms with Crippen LogP contribution in [-0.2, 0) is 16.0 Å². The van der Waals surface area contributed by atoms with Crippen molar-refractivity contribution in [1.82, 2.24) is 9.88 Å². The normalized spacial score (nSPS) is 25.7. The quantitative estimate of drug-likeness (QED) is 0.900. The summed E-state index contributed by atoms with van der Waals surface area (Å²) in [4.78, 5) is 19.0. The molecule has 0 aromatic carbocycles. The lowest BCUT2D eigenvalue weighted by Gasteiger charge is -2.48. The first-order valence-corrected chi connectivity index (χ1v) is 9.84. The average molecular weight is 360 g/mol. The number of likely N-dealkylation sites (tertiary alicyclic amines) is 1. The summed E-state index contributed by atoms with van der Waals surface area (Å²) in [6.07, 6.45) is 3.30. The number of piperidine rings is 1. The van der Waals surface area contributed by atoms with Gasteiger partial charge in [-0.3, -0.25) is 9.78 Å². The van der Waals surface area contributed by atoms with Crippen molar-refractivity contribution in [2.45, 2.75) is 77.6 Å². The van der Waals surface area contributed by atoms with Crippen LogP contribution < -0.4 is 0 Å². The van der Waals surface area contributed by atoms with Gasteiger partial charge in [0, 0.05) is 30.9 Å². The molecule has 2 aliphatic rings. The molecular formula is C21H32N2O3. The molecule has 144 valence electrons. The topological polar surface area (TPSA) is 62.7 Å². The van der Waals surface area contributed by atoms with Crippen LogP contribution in [0.4, 0.5) is 0 Å². The number of aliphatic hydroxyl groups is 1. The van der Waals surface area contributed by atoms with Crippen molar-refractivity contribution >= 4 is 5.91 Å². The van der Waals surface area contributed by atoms with Crippen molar-refractivity contribution in [3.05, 3.63) is 29.1 Å². The van der Waals surface area contributed by atoms with Gasteiger partial charge >= 0.3 is 0 Å². The van der Waals surface area contributed by atoms with Crippen LogP contribution in [0.2, 0.25) is 0 Å². The highest BCUT2D eigenvalue weighted by atomic mass is 16.5. The summed E-state index contributed by atoms with van der Waals surface area (Å²) in [6, 6.07) is 3.98. The molecular weight excluding hydrogens is 328 g/mol. The van der Waals surface area contributed by atoms with Crippen LogP contribution in [0.5, 0.6) is 0 Å². The molecule has 2 aliphatic heterocycles. The summed E-state index contributed by atoms with van der Waals surface area (Å²) in [5.41, 5.74) is 2.68. The van der Waals surface area contributed by atoms with Gasteiger partial charge in [0.1, 0.15) is 0 Å². The van der Waals surface area contributed by atoms with E-state index in [1.807, 2.05) is 30.9 Å². The van der Waals surface area contributed by atoms with Gasteiger partial charge in [-0.15, -0.1) is 0 Å². The third-order valence-electron chi connectivity index (χ3n) is 5.78. The first-order valence-electron chi connectivity index (χ1n) is 9.84. The number of carbonyl (C=O) groups is 1. The molecule has 0 saturated carbocycles. The van der Waals surface area contributed by atoms with Crippen molar-refractivity contribution in [1.29, 1.82) is 0 Å². The van der Waals surface area contributed by atoms with Crippen LogP contribution >= 0.6 is 0 Å². The minimum atomic E-state index is -0.291. The number of amides is 1. The molecule has 5 heteroatoms. The zero-order chi connectivity index (χ0) is 18.9. The van der Waals surface area contributed by atoms with Gasteiger partial charge in [0.25, 0.3) is 0 Å². The number of rotatable bonds is 3. The molecule has 1 amide bonds. The van der Waals surface area contributed by atoms with Crippen molar-refractivity contribution in [2.24, 2.45) is 5.92 Å². The van der Waals surface area contributed by atoms with E-state index in [4.69, 9.17) is 4.74 Å². The molecule has 1 aromatic rings. The Kier molecular flexibility index (Phi) is 5.68.